The topological polar surface area (TPSA) is 81.4 Å². The van der Waals surface area contributed by atoms with Crippen LogP contribution in [0.4, 0.5) is 0 Å². The zero-order valence-corrected chi connectivity index (χ0v) is 20.3. The number of carbonyl (C=O) groups excluding carboxylic acids is 1. The quantitative estimate of drug-likeness (QED) is 0.192. The van der Waals surface area contributed by atoms with Gasteiger partial charge in [0.05, 0.1) is 24.1 Å². The normalized spacial score (nSPS) is 11.0. The highest BCUT2D eigenvalue weighted by Crippen LogP contribution is 2.28. The van der Waals surface area contributed by atoms with Gasteiger partial charge in [-0.15, -0.1) is 10.2 Å². The first kappa shape index (κ1) is 23.8. The van der Waals surface area contributed by atoms with E-state index in [2.05, 4.69) is 20.7 Å². The van der Waals surface area contributed by atoms with E-state index in [9.17, 15) is 4.79 Å². The third-order valence-electron chi connectivity index (χ3n) is 4.68. The predicted octanol–water partition coefficient (Wildman–Crippen LogP) is 5.49. The van der Waals surface area contributed by atoms with Gasteiger partial charge in [0.1, 0.15) is 5.75 Å². The standard InChI is InChI=1S/C24H19Cl2N5O2S/c1-33-20-11-9-19(10-12-20)31-23(16-5-3-2-4-6-16)29-30-24(31)34-15-22(32)28-27-14-17-7-8-18(25)13-21(17)26/h2-14H,15H2,1H3,(H,28,32)/b27-14-. The fourth-order valence-corrected chi connectivity index (χ4v) is 4.25. The molecule has 4 rings (SSSR count). The summed E-state index contributed by atoms with van der Waals surface area (Å²) in [5, 5.41) is 14.2. The molecule has 0 aliphatic heterocycles. The van der Waals surface area contributed by atoms with Crippen molar-refractivity contribution in [2.24, 2.45) is 5.10 Å². The van der Waals surface area contributed by atoms with Crippen LogP contribution in [-0.2, 0) is 4.79 Å². The van der Waals surface area contributed by atoms with Gasteiger partial charge < -0.3 is 4.74 Å². The van der Waals surface area contributed by atoms with Crippen molar-refractivity contribution < 1.29 is 9.53 Å². The number of carbonyl (C=O) groups is 1. The van der Waals surface area contributed by atoms with Crippen LogP contribution < -0.4 is 10.2 Å². The van der Waals surface area contributed by atoms with Crippen molar-refractivity contribution in [3.63, 3.8) is 0 Å². The van der Waals surface area contributed by atoms with Crippen molar-refractivity contribution >= 4 is 47.1 Å². The monoisotopic (exact) mass is 511 g/mol. The molecule has 1 heterocycles. The van der Waals surface area contributed by atoms with E-state index >= 15 is 0 Å². The molecule has 0 fully saturated rings. The lowest BCUT2D eigenvalue weighted by molar-refractivity contribution is -0.118. The summed E-state index contributed by atoms with van der Waals surface area (Å²) < 4.78 is 7.17. The molecule has 0 bridgehead atoms. The molecule has 7 nitrogen and oxygen atoms in total. The van der Waals surface area contributed by atoms with Crippen LogP contribution in [0.15, 0.2) is 83.1 Å². The van der Waals surface area contributed by atoms with Gasteiger partial charge >= 0.3 is 0 Å². The number of amides is 1. The Kier molecular flexibility index (Phi) is 7.84. The van der Waals surface area contributed by atoms with Gasteiger partial charge in [-0.25, -0.2) is 5.43 Å². The van der Waals surface area contributed by atoms with Gasteiger partial charge in [-0.2, -0.15) is 5.10 Å². The lowest BCUT2D eigenvalue weighted by Crippen LogP contribution is -2.20. The number of nitrogens with zero attached hydrogens (tertiary/aromatic N) is 4. The lowest BCUT2D eigenvalue weighted by atomic mass is 10.2. The van der Waals surface area contributed by atoms with Crippen LogP contribution in [0.2, 0.25) is 10.0 Å². The Morgan fingerprint density at radius 2 is 1.85 bits per heavy atom. The van der Waals surface area contributed by atoms with Crippen molar-refractivity contribution in [3.8, 4) is 22.8 Å². The van der Waals surface area contributed by atoms with E-state index in [4.69, 9.17) is 27.9 Å². The molecule has 1 aromatic heterocycles. The Hall–Kier alpha value is -3.33. The van der Waals surface area contributed by atoms with Crippen molar-refractivity contribution in [1.82, 2.24) is 20.2 Å². The highest BCUT2D eigenvalue weighted by Gasteiger charge is 2.17. The van der Waals surface area contributed by atoms with Gasteiger partial charge in [0, 0.05) is 21.8 Å². The van der Waals surface area contributed by atoms with Gasteiger partial charge in [0.25, 0.3) is 5.91 Å². The first-order valence-electron chi connectivity index (χ1n) is 10.1. The van der Waals surface area contributed by atoms with Gasteiger partial charge in [-0.05, 0) is 36.4 Å². The number of rotatable bonds is 8. The third kappa shape index (κ3) is 5.77. The average Bonchev–Trinajstić information content (AvgIpc) is 3.28. The maximum absolute atomic E-state index is 12.4. The van der Waals surface area contributed by atoms with E-state index in [0.717, 1.165) is 17.0 Å². The highest BCUT2D eigenvalue weighted by molar-refractivity contribution is 7.99. The van der Waals surface area contributed by atoms with Crippen LogP contribution in [0.3, 0.4) is 0 Å². The number of aromatic nitrogens is 3. The molecular weight excluding hydrogens is 493 g/mol. The third-order valence-corrected chi connectivity index (χ3v) is 6.18. The minimum absolute atomic E-state index is 0.0920. The number of ether oxygens (including phenoxy) is 1. The van der Waals surface area contributed by atoms with Crippen molar-refractivity contribution in [2.45, 2.75) is 5.16 Å². The number of methoxy groups -OCH3 is 1. The summed E-state index contributed by atoms with van der Waals surface area (Å²) >= 11 is 13.3. The van der Waals surface area contributed by atoms with E-state index < -0.39 is 0 Å². The number of thioether (sulfide) groups is 1. The number of nitrogens with one attached hydrogen (secondary N) is 1. The molecule has 0 spiro atoms. The van der Waals surface area contributed by atoms with Crippen molar-refractivity contribution in [1.29, 1.82) is 0 Å². The molecule has 34 heavy (non-hydrogen) atoms. The van der Waals surface area contributed by atoms with E-state index in [1.165, 1.54) is 18.0 Å². The molecule has 0 unspecified atom stereocenters. The number of hydrogen-bond donors (Lipinski definition) is 1. The van der Waals surface area contributed by atoms with Gasteiger partial charge in [-0.3, -0.25) is 9.36 Å². The Bertz CT molecular complexity index is 1310. The molecule has 0 saturated heterocycles. The van der Waals surface area contributed by atoms with Crippen molar-refractivity contribution in [3.05, 3.63) is 88.4 Å². The van der Waals surface area contributed by atoms with Crippen LogP contribution in [0.5, 0.6) is 5.75 Å². The highest BCUT2D eigenvalue weighted by atomic mass is 35.5. The largest absolute Gasteiger partial charge is 0.497 e. The zero-order valence-electron chi connectivity index (χ0n) is 18.0. The Morgan fingerprint density at radius 1 is 1.09 bits per heavy atom. The summed E-state index contributed by atoms with van der Waals surface area (Å²) in [4.78, 5) is 12.4. The Balaban J connectivity index is 1.50. The zero-order chi connectivity index (χ0) is 23.9. The molecule has 0 saturated carbocycles. The van der Waals surface area contributed by atoms with Gasteiger partial charge in [0.15, 0.2) is 11.0 Å². The van der Waals surface area contributed by atoms with E-state index in [0.29, 0.717) is 26.6 Å². The summed E-state index contributed by atoms with van der Waals surface area (Å²) in [6.07, 6.45) is 1.47. The predicted molar refractivity (Wildman–Crippen MR) is 136 cm³/mol. The minimum atomic E-state index is -0.295. The van der Waals surface area contributed by atoms with E-state index in [1.807, 2.05) is 59.2 Å². The van der Waals surface area contributed by atoms with Crippen LogP contribution >= 0.6 is 35.0 Å². The summed E-state index contributed by atoms with van der Waals surface area (Å²) in [5.41, 5.74) is 4.90. The molecule has 4 aromatic rings. The molecule has 0 atom stereocenters. The summed E-state index contributed by atoms with van der Waals surface area (Å²) in [6, 6.07) is 22.3. The summed E-state index contributed by atoms with van der Waals surface area (Å²) in [7, 11) is 1.62. The van der Waals surface area contributed by atoms with E-state index in [-0.39, 0.29) is 11.7 Å². The maximum Gasteiger partial charge on any atom is 0.250 e. The first-order valence-corrected chi connectivity index (χ1v) is 11.8. The second-order valence-corrected chi connectivity index (χ2v) is 8.74. The summed E-state index contributed by atoms with van der Waals surface area (Å²) in [5.74, 6) is 1.21. The van der Waals surface area contributed by atoms with Gasteiger partial charge in [-0.1, -0.05) is 71.4 Å². The Morgan fingerprint density at radius 3 is 2.56 bits per heavy atom. The van der Waals surface area contributed by atoms with Crippen LogP contribution in [0.25, 0.3) is 17.1 Å². The second kappa shape index (κ2) is 11.2. The number of hydrogen-bond acceptors (Lipinski definition) is 6. The van der Waals surface area contributed by atoms with Crippen LogP contribution in [0.1, 0.15) is 5.56 Å². The molecule has 172 valence electrons. The van der Waals surface area contributed by atoms with E-state index in [1.54, 1.807) is 25.3 Å². The SMILES string of the molecule is COc1ccc(-n2c(SCC(=O)N/N=C\c3ccc(Cl)cc3Cl)nnc2-c2ccccc2)cc1. The molecular formula is C24H19Cl2N5O2S. The molecule has 3 aromatic carbocycles. The summed E-state index contributed by atoms with van der Waals surface area (Å²) in [6.45, 7) is 0. The lowest BCUT2D eigenvalue weighted by Gasteiger charge is -2.11. The minimum Gasteiger partial charge on any atom is -0.497 e. The van der Waals surface area contributed by atoms with Crippen molar-refractivity contribution in [2.75, 3.05) is 12.9 Å². The fourth-order valence-electron chi connectivity index (χ4n) is 3.04. The van der Waals surface area contributed by atoms with Crippen LogP contribution in [-0.4, -0.2) is 39.7 Å². The number of benzene rings is 3. The molecule has 1 amide bonds. The molecule has 0 aliphatic rings. The average molecular weight is 512 g/mol. The first-order chi connectivity index (χ1) is 16.5. The maximum atomic E-state index is 12.4. The van der Waals surface area contributed by atoms with Crippen LogP contribution in [0, 0.1) is 0 Å². The fraction of sp³-hybridized carbons (Fsp3) is 0.0833. The molecule has 0 radical (unpaired) electrons. The Labute approximate surface area is 210 Å². The molecule has 0 aliphatic carbocycles. The molecule has 1 N–H and O–H groups in total. The number of halogens is 2. The molecule has 10 heteroatoms. The number of hydrazone groups is 1. The smallest absolute Gasteiger partial charge is 0.250 e. The van der Waals surface area contributed by atoms with Gasteiger partial charge in [0.2, 0.25) is 0 Å². The second-order valence-electron chi connectivity index (χ2n) is 6.95.